The van der Waals surface area contributed by atoms with Gasteiger partial charge >= 0.3 is 11.9 Å². The SMILES string of the molecule is O=C(O)CCC1CCCN(C(=O)C(F)(F)c2cccc(Cl)c2)C1. The summed E-state index contributed by atoms with van der Waals surface area (Å²) in [4.78, 5) is 24.0. The summed E-state index contributed by atoms with van der Waals surface area (Å²) in [5.41, 5.74) is -0.428. The van der Waals surface area contributed by atoms with Crippen LogP contribution in [0.15, 0.2) is 24.3 Å². The van der Waals surface area contributed by atoms with E-state index in [1.807, 2.05) is 0 Å². The minimum absolute atomic E-state index is 0.0165. The number of halogens is 3. The maximum atomic E-state index is 14.4. The second kappa shape index (κ2) is 7.25. The lowest BCUT2D eigenvalue weighted by Gasteiger charge is -2.34. The predicted molar refractivity (Wildman–Crippen MR) is 81.5 cm³/mol. The fourth-order valence-electron chi connectivity index (χ4n) is 2.82. The predicted octanol–water partition coefficient (Wildman–Crippen LogP) is 3.54. The van der Waals surface area contributed by atoms with E-state index in [0.29, 0.717) is 12.8 Å². The van der Waals surface area contributed by atoms with Gasteiger partial charge in [0, 0.05) is 30.1 Å². The van der Waals surface area contributed by atoms with Crippen molar-refractivity contribution in [1.82, 2.24) is 4.90 Å². The number of aliphatic carboxylic acids is 1. The minimum atomic E-state index is -3.64. The molecule has 1 aliphatic rings. The molecule has 2 rings (SSSR count). The van der Waals surface area contributed by atoms with Crippen molar-refractivity contribution in [3.05, 3.63) is 34.9 Å². The van der Waals surface area contributed by atoms with Gasteiger partial charge in [0.25, 0.3) is 5.91 Å². The summed E-state index contributed by atoms with van der Waals surface area (Å²) in [7, 11) is 0. The van der Waals surface area contributed by atoms with E-state index in [1.54, 1.807) is 0 Å². The van der Waals surface area contributed by atoms with E-state index in [2.05, 4.69) is 0 Å². The first-order valence-electron chi connectivity index (χ1n) is 7.45. The summed E-state index contributed by atoms with van der Waals surface area (Å²) >= 11 is 5.72. The van der Waals surface area contributed by atoms with Crippen molar-refractivity contribution in [2.75, 3.05) is 13.1 Å². The Morgan fingerprint density at radius 1 is 1.39 bits per heavy atom. The highest BCUT2D eigenvalue weighted by atomic mass is 35.5. The number of carboxylic acids is 1. The topological polar surface area (TPSA) is 57.6 Å². The van der Waals surface area contributed by atoms with Crippen LogP contribution in [0.25, 0.3) is 0 Å². The zero-order chi connectivity index (χ0) is 17.0. The molecule has 0 radical (unpaired) electrons. The largest absolute Gasteiger partial charge is 0.481 e. The first-order chi connectivity index (χ1) is 10.8. The van der Waals surface area contributed by atoms with Gasteiger partial charge in [-0.05, 0) is 37.3 Å². The normalized spacial score (nSPS) is 18.7. The molecule has 1 atom stereocenters. The molecule has 0 spiro atoms. The van der Waals surface area contributed by atoms with Gasteiger partial charge in [-0.25, -0.2) is 0 Å². The average molecular weight is 346 g/mol. The molecule has 1 aliphatic heterocycles. The average Bonchev–Trinajstić information content (AvgIpc) is 2.52. The van der Waals surface area contributed by atoms with Crippen molar-refractivity contribution in [2.24, 2.45) is 5.92 Å². The number of likely N-dealkylation sites (tertiary alicyclic amines) is 1. The van der Waals surface area contributed by atoms with Crippen LogP contribution in [0.5, 0.6) is 0 Å². The number of carboxylic acid groups (broad SMARTS) is 1. The molecule has 7 heteroatoms. The zero-order valence-electron chi connectivity index (χ0n) is 12.5. The third kappa shape index (κ3) is 4.41. The Bertz CT molecular complexity index is 594. The molecule has 1 heterocycles. The Morgan fingerprint density at radius 2 is 2.13 bits per heavy atom. The molecule has 23 heavy (non-hydrogen) atoms. The first-order valence-corrected chi connectivity index (χ1v) is 7.83. The van der Waals surface area contributed by atoms with Crippen LogP contribution in [-0.2, 0) is 15.5 Å². The summed E-state index contributed by atoms with van der Waals surface area (Å²) < 4.78 is 28.8. The maximum absolute atomic E-state index is 14.4. The van der Waals surface area contributed by atoms with E-state index < -0.39 is 23.4 Å². The summed E-state index contributed by atoms with van der Waals surface area (Å²) in [6.07, 6.45) is 1.72. The number of rotatable bonds is 5. The molecule has 1 fully saturated rings. The van der Waals surface area contributed by atoms with Crippen molar-refractivity contribution in [1.29, 1.82) is 0 Å². The molecule has 0 aliphatic carbocycles. The van der Waals surface area contributed by atoms with E-state index in [4.69, 9.17) is 16.7 Å². The van der Waals surface area contributed by atoms with Crippen LogP contribution in [0.4, 0.5) is 8.78 Å². The maximum Gasteiger partial charge on any atom is 0.350 e. The molecule has 0 bridgehead atoms. The van der Waals surface area contributed by atoms with Crippen LogP contribution >= 0.6 is 11.6 Å². The van der Waals surface area contributed by atoms with Crippen LogP contribution in [0.2, 0.25) is 5.02 Å². The second-order valence-corrected chi connectivity index (χ2v) is 6.21. The Balaban J connectivity index is 2.07. The van der Waals surface area contributed by atoms with Gasteiger partial charge in [0.15, 0.2) is 0 Å². The van der Waals surface area contributed by atoms with Crippen molar-refractivity contribution in [3.63, 3.8) is 0 Å². The molecular weight excluding hydrogens is 328 g/mol. The monoisotopic (exact) mass is 345 g/mol. The Kier molecular flexibility index (Phi) is 5.57. The molecule has 0 saturated carbocycles. The summed E-state index contributed by atoms with van der Waals surface area (Å²) in [5.74, 6) is -5.86. The fraction of sp³-hybridized carbons (Fsp3) is 0.500. The lowest BCUT2D eigenvalue weighted by molar-refractivity contribution is -0.161. The first kappa shape index (κ1) is 17.7. The van der Waals surface area contributed by atoms with Crippen molar-refractivity contribution < 1.29 is 23.5 Å². The van der Waals surface area contributed by atoms with Gasteiger partial charge in [0.1, 0.15) is 0 Å². The van der Waals surface area contributed by atoms with Crippen molar-refractivity contribution in [3.8, 4) is 0 Å². The van der Waals surface area contributed by atoms with Crippen molar-refractivity contribution >= 4 is 23.5 Å². The fourth-order valence-corrected chi connectivity index (χ4v) is 3.01. The lowest BCUT2D eigenvalue weighted by atomic mass is 9.92. The van der Waals surface area contributed by atoms with E-state index >= 15 is 0 Å². The Morgan fingerprint density at radius 3 is 2.78 bits per heavy atom. The summed E-state index contributed by atoms with van der Waals surface area (Å²) in [6.45, 7) is 0.431. The molecule has 0 aromatic heterocycles. The molecule has 1 N–H and O–H groups in total. The van der Waals surface area contributed by atoms with Gasteiger partial charge in [-0.1, -0.05) is 23.7 Å². The number of hydrogen-bond donors (Lipinski definition) is 1. The van der Waals surface area contributed by atoms with Gasteiger partial charge in [0.2, 0.25) is 0 Å². The van der Waals surface area contributed by atoms with Crippen LogP contribution in [0, 0.1) is 5.92 Å². The number of alkyl halides is 2. The number of hydrogen-bond acceptors (Lipinski definition) is 2. The quantitative estimate of drug-likeness (QED) is 0.888. The smallest absolute Gasteiger partial charge is 0.350 e. The number of benzene rings is 1. The Labute approximate surface area is 138 Å². The number of amides is 1. The molecule has 126 valence electrons. The van der Waals surface area contributed by atoms with E-state index in [1.165, 1.54) is 18.2 Å². The van der Waals surface area contributed by atoms with Crippen LogP contribution in [0.3, 0.4) is 0 Å². The zero-order valence-corrected chi connectivity index (χ0v) is 13.2. The summed E-state index contributed by atoms with van der Waals surface area (Å²) in [6, 6.07) is 5.11. The molecule has 1 aromatic rings. The molecule has 4 nitrogen and oxygen atoms in total. The van der Waals surface area contributed by atoms with Crippen molar-refractivity contribution in [2.45, 2.75) is 31.6 Å². The van der Waals surface area contributed by atoms with Crippen LogP contribution in [0.1, 0.15) is 31.2 Å². The molecular formula is C16H18ClF2NO3. The van der Waals surface area contributed by atoms with Gasteiger partial charge in [-0.3, -0.25) is 9.59 Å². The molecule has 1 amide bonds. The molecule has 1 aromatic carbocycles. The Hall–Kier alpha value is -1.69. The van der Waals surface area contributed by atoms with E-state index in [-0.39, 0.29) is 30.5 Å². The molecule has 1 saturated heterocycles. The van der Waals surface area contributed by atoms with E-state index in [9.17, 15) is 18.4 Å². The highest BCUT2D eigenvalue weighted by Crippen LogP contribution is 2.33. The molecule has 1 unspecified atom stereocenters. The van der Waals surface area contributed by atoms with Gasteiger partial charge in [-0.2, -0.15) is 8.78 Å². The lowest BCUT2D eigenvalue weighted by Crippen LogP contribution is -2.46. The van der Waals surface area contributed by atoms with Crippen LogP contribution in [-0.4, -0.2) is 35.0 Å². The van der Waals surface area contributed by atoms with Crippen LogP contribution < -0.4 is 0 Å². The highest BCUT2D eigenvalue weighted by molar-refractivity contribution is 6.30. The number of nitrogens with zero attached hydrogens (tertiary/aromatic N) is 1. The number of piperidine rings is 1. The van der Waals surface area contributed by atoms with Gasteiger partial charge < -0.3 is 10.0 Å². The second-order valence-electron chi connectivity index (χ2n) is 5.78. The van der Waals surface area contributed by atoms with Gasteiger partial charge in [0.05, 0.1) is 0 Å². The van der Waals surface area contributed by atoms with E-state index in [0.717, 1.165) is 17.4 Å². The third-order valence-electron chi connectivity index (χ3n) is 4.03. The standard InChI is InChI=1S/C16H18ClF2NO3/c17-13-5-1-4-12(9-13)16(18,19)15(23)20-8-2-3-11(10-20)6-7-14(21)22/h1,4-5,9,11H,2-3,6-8,10H2,(H,21,22). The van der Waals surface area contributed by atoms with Gasteiger partial charge in [-0.15, -0.1) is 0 Å². The minimum Gasteiger partial charge on any atom is -0.481 e. The number of carbonyl (C=O) groups excluding carboxylic acids is 1. The third-order valence-corrected chi connectivity index (χ3v) is 4.26. The number of carbonyl (C=O) groups is 2. The summed E-state index contributed by atoms with van der Waals surface area (Å²) in [5, 5.41) is 8.86. The highest BCUT2D eigenvalue weighted by Gasteiger charge is 2.44.